The van der Waals surface area contributed by atoms with Crippen molar-refractivity contribution in [3.63, 3.8) is 0 Å². The van der Waals surface area contributed by atoms with E-state index in [1.54, 1.807) is 6.92 Å². The van der Waals surface area contributed by atoms with Crippen LogP contribution in [-0.4, -0.2) is 23.7 Å². The Morgan fingerprint density at radius 3 is 2.54 bits per heavy atom. The minimum absolute atomic E-state index is 0.0219. The molecule has 1 atom stereocenters. The molecule has 0 radical (unpaired) electrons. The molecule has 150 valence electrons. The predicted molar refractivity (Wildman–Crippen MR) is 110 cm³/mol. The van der Waals surface area contributed by atoms with Crippen molar-refractivity contribution in [1.29, 1.82) is 0 Å². The molecule has 4 nitrogen and oxygen atoms in total. The highest BCUT2D eigenvalue weighted by Gasteiger charge is 2.26. The average molecular weight is 472 g/mol. The zero-order chi connectivity index (χ0) is 20.8. The van der Waals surface area contributed by atoms with E-state index in [-0.39, 0.29) is 29.7 Å². The minimum Gasteiger partial charge on any atom is -0.465 e. The Bertz CT molecular complexity index is 877. The summed E-state index contributed by atoms with van der Waals surface area (Å²) < 4.78 is 33.2. The summed E-state index contributed by atoms with van der Waals surface area (Å²) in [6, 6.07) is 7.77. The average Bonchev–Trinajstić information content (AvgIpc) is 2.62. The van der Waals surface area contributed by atoms with Gasteiger partial charge in [0.2, 0.25) is 0 Å². The van der Waals surface area contributed by atoms with Gasteiger partial charge in [-0.25, -0.2) is 8.78 Å². The van der Waals surface area contributed by atoms with Crippen molar-refractivity contribution in [2.24, 2.45) is 5.92 Å². The molecule has 0 aromatic heterocycles. The van der Waals surface area contributed by atoms with Gasteiger partial charge in [0.05, 0.1) is 12.3 Å². The van der Waals surface area contributed by atoms with Crippen LogP contribution in [0.5, 0.6) is 0 Å². The van der Waals surface area contributed by atoms with Crippen molar-refractivity contribution in [3.8, 4) is 0 Å². The van der Waals surface area contributed by atoms with Gasteiger partial charge in [0.1, 0.15) is 16.9 Å². The Morgan fingerprint density at radius 1 is 1.21 bits per heavy atom. The number of hydrogen-bond donors (Lipinski definition) is 1. The number of ether oxygens (including phenoxy) is 1. The van der Waals surface area contributed by atoms with E-state index in [1.807, 2.05) is 13.8 Å². The van der Waals surface area contributed by atoms with Crippen LogP contribution in [0.15, 0.2) is 45.8 Å². The third-order valence-electron chi connectivity index (χ3n) is 3.73. The number of amides is 1. The lowest BCUT2D eigenvalue weighted by Gasteiger charge is -2.20. The number of esters is 1. The Labute approximate surface area is 175 Å². The summed E-state index contributed by atoms with van der Waals surface area (Å²) in [6.07, 6.45) is 0. The van der Waals surface area contributed by atoms with Crippen molar-refractivity contribution < 1.29 is 23.1 Å². The van der Waals surface area contributed by atoms with Crippen LogP contribution in [0.2, 0.25) is 0 Å². The first-order chi connectivity index (χ1) is 13.2. The van der Waals surface area contributed by atoms with E-state index in [9.17, 15) is 18.4 Å². The molecular weight excluding hydrogens is 452 g/mol. The highest BCUT2D eigenvalue weighted by Crippen LogP contribution is 2.37. The lowest BCUT2D eigenvalue weighted by atomic mass is 10.1. The van der Waals surface area contributed by atoms with Gasteiger partial charge in [-0.2, -0.15) is 0 Å². The van der Waals surface area contributed by atoms with E-state index in [0.29, 0.717) is 9.37 Å². The second-order valence-corrected chi connectivity index (χ2v) is 8.30. The second kappa shape index (κ2) is 10.0. The van der Waals surface area contributed by atoms with E-state index < -0.39 is 22.8 Å². The first-order valence-corrected chi connectivity index (χ1v) is 10.3. The molecule has 0 fully saturated rings. The fourth-order valence-corrected chi connectivity index (χ4v) is 4.02. The summed E-state index contributed by atoms with van der Waals surface area (Å²) in [6.45, 7) is 5.77. The Balaban J connectivity index is 2.28. The lowest BCUT2D eigenvalue weighted by Crippen LogP contribution is -2.25. The van der Waals surface area contributed by atoms with E-state index in [1.165, 1.54) is 42.1 Å². The summed E-state index contributed by atoms with van der Waals surface area (Å²) in [5.41, 5.74) is 0.00873. The monoisotopic (exact) mass is 471 g/mol. The SMILES string of the molecule is CCOC(=O)C(Sc1cc(NC(=O)c2cccc(F)c2)c(F)cc1Br)C(C)C. The molecule has 1 amide bonds. The van der Waals surface area contributed by atoms with Crippen molar-refractivity contribution >= 4 is 45.3 Å². The molecule has 0 aliphatic rings. The molecular formula is C20H20BrF2NO3S. The molecule has 1 unspecified atom stereocenters. The molecule has 0 spiro atoms. The molecule has 2 aromatic carbocycles. The maximum absolute atomic E-state index is 14.3. The van der Waals surface area contributed by atoms with Crippen LogP contribution >= 0.6 is 27.7 Å². The van der Waals surface area contributed by atoms with Crippen LogP contribution in [0.1, 0.15) is 31.1 Å². The number of anilines is 1. The highest BCUT2D eigenvalue weighted by atomic mass is 79.9. The van der Waals surface area contributed by atoms with E-state index in [4.69, 9.17) is 4.74 Å². The van der Waals surface area contributed by atoms with Gasteiger partial charge in [-0.15, -0.1) is 11.8 Å². The summed E-state index contributed by atoms with van der Waals surface area (Å²) >= 11 is 4.51. The maximum Gasteiger partial charge on any atom is 0.319 e. The number of rotatable bonds is 7. The first-order valence-electron chi connectivity index (χ1n) is 8.62. The van der Waals surface area contributed by atoms with Gasteiger partial charge < -0.3 is 10.1 Å². The smallest absolute Gasteiger partial charge is 0.319 e. The van der Waals surface area contributed by atoms with Gasteiger partial charge in [0, 0.05) is 14.9 Å². The maximum atomic E-state index is 14.3. The van der Waals surface area contributed by atoms with Crippen LogP contribution in [0, 0.1) is 17.6 Å². The normalized spacial score (nSPS) is 12.0. The van der Waals surface area contributed by atoms with Gasteiger partial charge >= 0.3 is 5.97 Å². The van der Waals surface area contributed by atoms with Gasteiger partial charge in [0.15, 0.2) is 0 Å². The number of nitrogens with one attached hydrogen (secondary N) is 1. The summed E-state index contributed by atoms with van der Waals surface area (Å²) in [4.78, 5) is 25.1. The fourth-order valence-electron chi connectivity index (χ4n) is 2.36. The lowest BCUT2D eigenvalue weighted by molar-refractivity contribution is -0.143. The summed E-state index contributed by atoms with van der Waals surface area (Å²) in [7, 11) is 0. The Morgan fingerprint density at radius 2 is 1.93 bits per heavy atom. The molecule has 0 bridgehead atoms. The van der Waals surface area contributed by atoms with Crippen molar-refractivity contribution in [2.45, 2.75) is 30.9 Å². The fraction of sp³-hybridized carbons (Fsp3) is 0.300. The van der Waals surface area contributed by atoms with Crippen LogP contribution in [0.3, 0.4) is 0 Å². The number of carbonyl (C=O) groups is 2. The molecule has 2 rings (SSSR count). The number of benzene rings is 2. The summed E-state index contributed by atoms with van der Waals surface area (Å²) in [5.74, 6) is -2.23. The van der Waals surface area contributed by atoms with Gasteiger partial charge in [-0.1, -0.05) is 19.9 Å². The molecule has 2 aromatic rings. The molecule has 0 saturated heterocycles. The van der Waals surface area contributed by atoms with E-state index in [2.05, 4.69) is 21.2 Å². The number of thioether (sulfide) groups is 1. The molecule has 8 heteroatoms. The highest BCUT2D eigenvalue weighted by molar-refractivity contribution is 9.10. The second-order valence-electron chi connectivity index (χ2n) is 6.26. The Hall–Kier alpha value is -1.93. The van der Waals surface area contributed by atoms with E-state index >= 15 is 0 Å². The number of halogens is 3. The number of carbonyl (C=O) groups excluding carboxylic acids is 2. The molecule has 1 N–H and O–H groups in total. The third kappa shape index (κ3) is 5.78. The Kier molecular flexibility index (Phi) is 8.00. The topological polar surface area (TPSA) is 55.4 Å². The third-order valence-corrected chi connectivity index (χ3v) is 6.24. The zero-order valence-corrected chi connectivity index (χ0v) is 18.0. The standard InChI is InChI=1S/C20H20BrF2NO3S/c1-4-27-20(26)18(11(2)3)28-17-10-16(15(23)9-14(17)21)24-19(25)12-6-5-7-13(22)8-12/h5-11,18H,4H2,1-3H3,(H,24,25). The zero-order valence-electron chi connectivity index (χ0n) is 15.6. The predicted octanol–water partition coefficient (Wildman–Crippen LogP) is 5.66. The molecule has 0 saturated carbocycles. The van der Waals surface area contributed by atoms with Crippen molar-refractivity contribution in [3.05, 3.63) is 58.1 Å². The van der Waals surface area contributed by atoms with E-state index in [0.717, 1.165) is 6.07 Å². The quantitative estimate of drug-likeness (QED) is 0.418. The van der Waals surface area contributed by atoms with Gasteiger partial charge in [-0.3, -0.25) is 9.59 Å². The first kappa shape index (κ1) is 22.4. The minimum atomic E-state index is -0.654. The van der Waals surface area contributed by atoms with Crippen LogP contribution < -0.4 is 5.32 Å². The molecule has 0 aliphatic heterocycles. The number of hydrogen-bond acceptors (Lipinski definition) is 4. The molecule has 0 aliphatic carbocycles. The van der Waals surface area contributed by atoms with Gasteiger partial charge in [0.25, 0.3) is 5.91 Å². The van der Waals surface area contributed by atoms with Crippen molar-refractivity contribution in [1.82, 2.24) is 0 Å². The molecule has 0 heterocycles. The van der Waals surface area contributed by atoms with Crippen LogP contribution in [0.25, 0.3) is 0 Å². The van der Waals surface area contributed by atoms with Crippen LogP contribution in [0.4, 0.5) is 14.5 Å². The summed E-state index contributed by atoms with van der Waals surface area (Å²) in [5, 5.41) is 1.96. The van der Waals surface area contributed by atoms with Gasteiger partial charge in [-0.05, 0) is 59.1 Å². The van der Waals surface area contributed by atoms with Crippen molar-refractivity contribution in [2.75, 3.05) is 11.9 Å². The molecule has 28 heavy (non-hydrogen) atoms. The van der Waals surface area contributed by atoms with Crippen LogP contribution in [-0.2, 0) is 9.53 Å². The largest absolute Gasteiger partial charge is 0.465 e.